The number of anilines is 2. The lowest BCUT2D eigenvalue weighted by atomic mass is 9.90. The number of allylic oxidation sites excluding steroid dienone is 6. The van der Waals surface area contributed by atoms with E-state index in [9.17, 15) is 4.79 Å². The average Bonchev–Trinajstić information content (AvgIpc) is 3.13. The molecule has 2 aliphatic rings. The van der Waals surface area contributed by atoms with Crippen LogP contribution in [0.3, 0.4) is 0 Å². The third-order valence-corrected chi connectivity index (χ3v) is 6.69. The van der Waals surface area contributed by atoms with E-state index in [1.54, 1.807) is 10.7 Å². The van der Waals surface area contributed by atoms with Crippen molar-refractivity contribution < 1.29 is 9.53 Å². The Labute approximate surface area is 221 Å². The number of ether oxygens (including phenoxy) is 1. The molecule has 1 unspecified atom stereocenters. The Bertz CT molecular complexity index is 1340. The van der Waals surface area contributed by atoms with Gasteiger partial charge in [-0.05, 0) is 80.8 Å². The molecule has 1 atom stereocenters. The number of rotatable bonds is 6. The molecule has 7 nitrogen and oxygen atoms in total. The molecule has 0 saturated carbocycles. The predicted molar refractivity (Wildman–Crippen MR) is 149 cm³/mol. The number of nitrogens with one attached hydrogen (secondary N) is 3. The van der Waals surface area contributed by atoms with Crippen LogP contribution in [0.4, 0.5) is 16.2 Å². The van der Waals surface area contributed by atoms with Crippen molar-refractivity contribution in [2.75, 3.05) is 23.7 Å². The van der Waals surface area contributed by atoms with Gasteiger partial charge in [-0.2, -0.15) is 5.10 Å². The molecule has 5 rings (SSSR count). The minimum atomic E-state index is -0.345. The van der Waals surface area contributed by atoms with Gasteiger partial charge in [0.15, 0.2) is 5.75 Å². The summed E-state index contributed by atoms with van der Waals surface area (Å²) in [7, 11) is 0. The van der Waals surface area contributed by atoms with Crippen LogP contribution in [0.2, 0.25) is 0 Å². The minimum Gasteiger partial charge on any atom is -0.437 e. The van der Waals surface area contributed by atoms with Gasteiger partial charge in [0, 0.05) is 16.8 Å². The normalized spacial score (nSPS) is 17.7. The third kappa shape index (κ3) is 6.31. The molecule has 2 amide bonds. The number of hydrogen-bond acceptors (Lipinski definition) is 4. The van der Waals surface area contributed by atoms with Gasteiger partial charge in [-0.3, -0.25) is 0 Å². The van der Waals surface area contributed by atoms with Crippen molar-refractivity contribution in [3.05, 3.63) is 101 Å². The number of piperidine rings is 1. The van der Waals surface area contributed by atoms with Crippen LogP contribution >= 0.6 is 11.6 Å². The number of para-hydroxylation sites is 2. The number of nitrogens with zero attached hydrogens (tertiary/aromatic N) is 2. The summed E-state index contributed by atoms with van der Waals surface area (Å²) in [4.78, 5) is 12.8. The van der Waals surface area contributed by atoms with E-state index in [-0.39, 0.29) is 12.1 Å². The minimum absolute atomic E-state index is 0.206. The molecule has 2 aromatic carbocycles. The Morgan fingerprint density at radius 1 is 1.08 bits per heavy atom. The molecule has 37 heavy (non-hydrogen) atoms. The number of benzene rings is 2. The number of carbonyl (C=O) groups is 1. The quantitative estimate of drug-likeness (QED) is 0.334. The number of carbonyl (C=O) groups excluding carboxylic acids is 1. The van der Waals surface area contributed by atoms with Gasteiger partial charge in [-0.25, -0.2) is 9.48 Å². The van der Waals surface area contributed by atoms with Gasteiger partial charge < -0.3 is 20.7 Å². The highest BCUT2D eigenvalue weighted by molar-refractivity contribution is 6.31. The van der Waals surface area contributed by atoms with Crippen LogP contribution in [-0.4, -0.2) is 28.9 Å². The first-order valence-corrected chi connectivity index (χ1v) is 12.9. The maximum Gasteiger partial charge on any atom is 0.323 e. The molecular formula is C29H30ClN5O2. The summed E-state index contributed by atoms with van der Waals surface area (Å²) in [6.45, 7) is 4.00. The first-order chi connectivity index (χ1) is 18.0. The Kier molecular flexibility index (Phi) is 7.73. The van der Waals surface area contributed by atoms with E-state index in [2.05, 4.69) is 33.2 Å². The van der Waals surface area contributed by atoms with Crippen LogP contribution in [0.25, 0.3) is 0 Å². The van der Waals surface area contributed by atoms with Crippen LogP contribution in [0.15, 0.2) is 90.0 Å². The fourth-order valence-electron chi connectivity index (χ4n) is 4.58. The molecule has 1 fully saturated rings. The average molecular weight is 516 g/mol. The Balaban J connectivity index is 1.28. The second-order valence-electron chi connectivity index (χ2n) is 9.18. The van der Waals surface area contributed by atoms with Crippen LogP contribution in [0, 0.1) is 6.92 Å². The van der Waals surface area contributed by atoms with Gasteiger partial charge in [-0.1, -0.05) is 54.1 Å². The number of aryl methyl sites for hydroxylation is 1. The fraction of sp³-hybridized carbons (Fsp3) is 0.241. The van der Waals surface area contributed by atoms with Crippen molar-refractivity contribution in [1.82, 2.24) is 15.1 Å². The molecule has 8 heteroatoms. The molecule has 2 heterocycles. The Morgan fingerprint density at radius 3 is 2.68 bits per heavy atom. The molecular weight excluding hydrogens is 486 g/mol. The topological polar surface area (TPSA) is 80.2 Å². The zero-order valence-electron chi connectivity index (χ0n) is 20.7. The number of halogens is 1. The predicted octanol–water partition coefficient (Wildman–Crippen LogP) is 6.88. The number of urea groups is 1. The zero-order valence-corrected chi connectivity index (χ0v) is 21.4. The number of hydrogen-bond donors (Lipinski definition) is 3. The zero-order chi connectivity index (χ0) is 25.6. The van der Waals surface area contributed by atoms with Gasteiger partial charge in [0.05, 0.1) is 17.4 Å². The SMILES string of the molecule is Cc1cc(Oc2ccccc2NC(=O)Nc2ccc(C3CCNCC3)cc2)n(C2C=CC=CC(Cl)=C2)n1. The largest absolute Gasteiger partial charge is 0.437 e. The molecule has 1 aliphatic heterocycles. The first kappa shape index (κ1) is 24.9. The second kappa shape index (κ2) is 11.5. The van der Waals surface area contributed by atoms with E-state index < -0.39 is 0 Å². The summed E-state index contributed by atoms with van der Waals surface area (Å²) in [5.41, 5.74) is 3.40. The highest BCUT2D eigenvalue weighted by atomic mass is 35.5. The summed E-state index contributed by atoms with van der Waals surface area (Å²) < 4.78 is 8.02. The van der Waals surface area contributed by atoms with E-state index in [0.717, 1.165) is 37.3 Å². The number of aromatic nitrogens is 2. The van der Waals surface area contributed by atoms with Crippen LogP contribution in [0.5, 0.6) is 11.6 Å². The van der Waals surface area contributed by atoms with Crippen LogP contribution in [-0.2, 0) is 0 Å². The standard InChI is InChI=1S/C29H30ClN5O2/c1-20-18-28(35(34-20)25-7-3-2-6-23(30)19-25)37-27-9-5-4-8-26(27)33-29(36)32-24-12-10-21(11-13-24)22-14-16-31-17-15-22/h2-13,18-19,22,25,31H,14-17H2,1H3,(H2,32,33,36). The van der Waals surface area contributed by atoms with Gasteiger partial charge >= 0.3 is 6.03 Å². The highest BCUT2D eigenvalue weighted by Crippen LogP contribution is 2.33. The van der Waals surface area contributed by atoms with Gasteiger partial charge in [0.2, 0.25) is 5.88 Å². The molecule has 0 bridgehead atoms. The first-order valence-electron chi connectivity index (χ1n) is 12.5. The molecule has 1 aromatic heterocycles. The van der Waals surface area contributed by atoms with E-state index in [0.29, 0.717) is 28.3 Å². The molecule has 3 N–H and O–H groups in total. The van der Waals surface area contributed by atoms with E-state index in [1.165, 1.54) is 5.56 Å². The molecule has 1 aliphatic carbocycles. The maximum atomic E-state index is 12.8. The van der Waals surface area contributed by atoms with Crippen molar-refractivity contribution in [2.24, 2.45) is 0 Å². The maximum absolute atomic E-state index is 12.8. The van der Waals surface area contributed by atoms with E-state index in [4.69, 9.17) is 16.3 Å². The van der Waals surface area contributed by atoms with E-state index in [1.807, 2.05) is 73.7 Å². The third-order valence-electron chi connectivity index (χ3n) is 6.44. The van der Waals surface area contributed by atoms with E-state index >= 15 is 0 Å². The van der Waals surface area contributed by atoms with Crippen molar-refractivity contribution in [3.63, 3.8) is 0 Å². The summed E-state index contributed by atoms with van der Waals surface area (Å²) in [5, 5.41) is 14.4. The highest BCUT2D eigenvalue weighted by Gasteiger charge is 2.18. The molecule has 3 aromatic rings. The summed E-state index contributed by atoms with van der Waals surface area (Å²) in [5.74, 6) is 1.62. The number of amides is 2. The Hall–Kier alpha value is -3.81. The van der Waals surface area contributed by atoms with Crippen LogP contribution in [0.1, 0.15) is 36.1 Å². The summed E-state index contributed by atoms with van der Waals surface area (Å²) >= 11 is 6.28. The summed E-state index contributed by atoms with van der Waals surface area (Å²) in [6, 6.07) is 16.7. The smallest absolute Gasteiger partial charge is 0.323 e. The molecule has 1 saturated heterocycles. The van der Waals surface area contributed by atoms with Crippen molar-refractivity contribution >= 4 is 29.0 Å². The Morgan fingerprint density at radius 2 is 1.86 bits per heavy atom. The van der Waals surface area contributed by atoms with Gasteiger partial charge in [0.1, 0.15) is 0 Å². The lowest BCUT2D eigenvalue weighted by Gasteiger charge is -2.23. The van der Waals surface area contributed by atoms with Crippen LogP contribution < -0.4 is 20.7 Å². The van der Waals surface area contributed by atoms with Crippen molar-refractivity contribution in [3.8, 4) is 11.6 Å². The summed E-state index contributed by atoms with van der Waals surface area (Å²) in [6.07, 6.45) is 11.8. The fourth-order valence-corrected chi connectivity index (χ4v) is 4.79. The lowest BCUT2D eigenvalue weighted by molar-refractivity contribution is 0.262. The molecule has 0 spiro atoms. The van der Waals surface area contributed by atoms with Crippen molar-refractivity contribution in [1.29, 1.82) is 0 Å². The lowest BCUT2D eigenvalue weighted by Crippen LogP contribution is -2.26. The van der Waals surface area contributed by atoms with Gasteiger partial charge in [0.25, 0.3) is 0 Å². The van der Waals surface area contributed by atoms with Crippen molar-refractivity contribution in [2.45, 2.75) is 31.7 Å². The van der Waals surface area contributed by atoms with Gasteiger partial charge in [-0.15, -0.1) is 0 Å². The molecule has 0 radical (unpaired) electrons. The monoisotopic (exact) mass is 515 g/mol. The second-order valence-corrected chi connectivity index (χ2v) is 9.61. The molecule has 190 valence electrons.